The summed E-state index contributed by atoms with van der Waals surface area (Å²) in [6.45, 7) is -0.166. The monoisotopic (exact) mass is 120 g/mol. The SMILES string of the molecule is [Li+].[Li+].[O-]Cc1[c-]cccc1. The maximum Gasteiger partial charge on any atom is 1.00 e. The molecule has 1 rings (SSSR count). The summed E-state index contributed by atoms with van der Waals surface area (Å²) >= 11 is 0. The zero-order chi connectivity index (χ0) is 5.82. The van der Waals surface area contributed by atoms with Gasteiger partial charge in [0.15, 0.2) is 0 Å². The molecule has 0 atom stereocenters. The van der Waals surface area contributed by atoms with Crippen molar-refractivity contribution in [3.8, 4) is 0 Å². The molecule has 0 heterocycles. The Hall–Kier alpha value is 0.375. The summed E-state index contributed by atoms with van der Waals surface area (Å²) in [6.07, 6.45) is 0. The topological polar surface area (TPSA) is 23.1 Å². The molecule has 1 aromatic carbocycles. The van der Waals surface area contributed by atoms with Gasteiger partial charge in [-0.3, -0.25) is 0 Å². The third-order valence-corrected chi connectivity index (χ3v) is 0.929. The van der Waals surface area contributed by atoms with Crippen LogP contribution >= 0.6 is 0 Å². The number of benzene rings is 1. The fourth-order valence-electron chi connectivity index (χ4n) is 0.520. The van der Waals surface area contributed by atoms with E-state index < -0.39 is 0 Å². The van der Waals surface area contributed by atoms with Crippen molar-refractivity contribution >= 4 is 0 Å². The average Bonchev–Trinajstić information content (AvgIpc) is 1.90. The van der Waals surface area contributed by atoms with Crippen molar-refractivity contribution in [3.63, 3.8) is 0 Å². The van der Waals surface area contributed by atoms with Crippen LogP contribution in [0.15, 0.2) is 24.3 Å². The van der Waals surface area contributed by atoms with Gasteiger partial charge < -0.3 is 5.11 Å². The molecule has 0 aliphatic carbocycles. The second-order valence-corrected chi connectivity index (χ2v) is 1.53. The summed E-state index contributed by atoms with van der Waals surface area (Å²) in [5, 5.41) is 10.1. The summed E-state index contributed by atoms with van der Waals surface area (Å²) < 4.78 is 0. The quantitative estimate of drug-likeness (QED) is 0.267. The summed E-state index contributed by atoms with van der Waals surface area (Å²) in [6, 6.07) is 10.0. The van der Waals surface area contributed by atoms with E-state index in [-0.39, 0.29) is 44.3 Å². The van der Waals surface area contributed by atoms with E-state index >= 15 is 0 Å². The van der Waals surface area contributed by atoms with Gasteiger partial charge in [-0.25, -0.2) is 0 Å². The molecule has 3 heteroatoms. The van der Waals surface area contributed by atoms with Gasteiger partial charge >= 0.3 is 37.7 Å². The van der Waals surface area contributed by atoms with Crippen LogP contribution in [0.5, 0.6) is 0 Å². The molecule has 0 fully saturated rings. The molecule has 1 nitrogen and oxygen atoms in total. The van der Waals surface area contributed by atoms with Gasteiger partial charge in [-0.2, -0.15) is 35.9 Å². The molecule has 0 spiro atoms. The first-order valence-electron chi connectivity index (χ1n) is 2.47. The Morgan fingerprint density at radius 3 is 2.30 bits per heavy atom. The minimum atomic E-state index is -0.166. The zero-order valence-electron chi connectivity index (χ0n) is 6.42. The van der Waals surface area contributed by atoms with Gasteiger partial charge in [0, 0.05) is 0 Å². The standard InChI is InChI=1S/C7H6O.2Li/c8-6-7-4-2-1-3-5-7;;/h1-4H,6H2;;/q-2;2*+1. The van der Waals surface area contributed by atoms with Crippen LogP contribution in [-0.2, 0) is 6.61 Å². The second kappa shape index (κ2) is 7.48. The van der Waals surface area contributed by atoms with Crippen molar-refractivity contribution in [1.29, 1.82) is 0 Å². The van der Waals surface area contributed by atoms with Gasteiger partial charge in [0.1, 0.15) is 0 Å². The van der Waals surface area contributed by atoms with E-state index in [4.69, 9.17) is 0 Å². The first-order valence-corrected chi connectivity index (χ1v) is 2.47. The van der Waals surface area contributed by atoms with Crippen molar-refractivity contribution in [2.45, 2.75) is 6.61 Å². The molecular formula is C7H6Li2O. The number of hydrogen-bond acceptors (Lipinski definition) is 1. The molecule has 42 valence electrons. The van der Waals surface area contributed by atoms with Crippen LogP contribution in [0.4, 0.5) is 0 Å². The van der Waals surface area contributed by atoms with Crippen molar-refractivity contribution < 1.29 is 42.8 Å². The van der Waals surface area contributed by atoms with Crippen molar-refractivity contribution in [2.24, 2.45) is 0 Å². The van der Waals surface area contributed by atoms with Crippen LogP contribution in [0.2, 0.25) is 0 Å². The van der Waals surface area contributed by atoms with E-state index in [2.05, 4.69) is 6.07 Å². The molecule has 0 amide bonds. The Kier molecular flexibility index (Phi) is 9.73. The Morgan fingerprint density at radius 1 is 1.30 bits per heavy atom. The molecule has 10 heavy (non-hydrogen) atoms. The van der Waals surface area contributed by atoms with Gasteiger partial charge in [0.25, 0.3) is 0 Å². The van der Waals surface area contributed by atoms with Gasteiger partial charge in [-0.05, 0) is 0 Å². The van der Waals surface area contributed by atoms with Crippen LogP contribution in [0.3, 0.4) is 0 Å². The van der Waals surface area contributed by atoms with Crippen LogP contribution < -0.4 is 42.8 Å². The predicted octanol–water partition coefficient (Wildman–Crippen LogP) is -5.64. The molecule has 0 N–H and O–H groups in total. The van der Waals surface area contributed by atoms with Gasteiger partial charge in [-0.1, -0.05) is 0 Å². The maximum absolute atomic E-state index is 10.1. The summed E-state index contributed by atoms with van der Waals surface area (Å²) in [4.78, 5) is 0. The van der Waals surface area contributed by atoms with Gasteiger partial charge in [0.2, 0.25) is 0 Å². The van der Waals surface area contributed by atoms with E-state index in [1.165, 1.54) is 0 Å². The molecule has 0 aliphatic rings. The molecule has 0 saturated carbocycles. The first kappa shape index (κ1) is 13.0. The average molecular weight is 120 g/mol. The number of hydrogen-bond donors (Lipinski definition) is 0. The van der Waals surface area contributed by atoms with Gasteiger partial charge in [0.05, 0.1) is 0 Å². The van der Waals surface area contributed by atoms with E-state index in [9.17, 15) is 5.11 Å². The smallest absolute Gasteiger partial charge is 0.853 e. The Balaban J connectivity index is 0. The third-order valence-electron chi connectivity index (χ3n) is 0.929. The molecule has 0 radical (unpaired) electrons. The molecule has 0 unspecified atom stereocenters. The molecule has 1 aromatic rings. The van der Waals surface area contributed by atoms with Crippen LogP contribution in [0.1, 0.15) is 5.56 Å². The maximum atomic E-state index is 10.1. The molecule has 0 aromatic heterocycles. The summed E-state index contributed by atoms with van der Waals surface area (Å²) in [5.41, 5.74) is 0.729. The molecular weight excluding hydrogens is 114 g/mol. The zero-order valence-corrected chi connectivity index (χ0v) is 6.42. The van der Waals surface area contributed by atoms with Crippen molar-refractivity contribution in [3.05, 3.63) is 35.9 Å². The van der Waals surface area contributed by atoms with E-state index in [0.717, 1.165) is 5.56 Å². The van der Waals surface area contributed by atoms with Crippen LogP contribution in [0, 0.1) is 6.07 Å². The molecule has 0 bridgehead atoms. The summed E-state index contributed by atoms with van der Waals surface area (Å²) in [5.74, 6) is 0. The first-order chi connectivity index (χ1) is 3.93. The second-order valence-electron chi connectivity index (χ2n) is 1.53. The molecule has 0 saturated heterocycles. The minimum Gasteiger partial charge on any atom is -0.853 e. The third kappa shape index (κ3) is 4.23. The van der Waals surface area contributed by atoms with Crippen LogP contribution in [-0.4, -0.2) is 0 Å². The van der Waals surface area contributed by atoms with E-state index in [0.29, 0.717) is 0 Å². The van der Waals surface area contributed by atoms with Crippen molar-refractivity contribution in [1.82, 2.24) is 0 Å². The van der Waals surface area contributed by atoms with Crippen molar-refractivity contribution in [2.75, 3.05) is 0 Å². The Bertz CT molecular complexity index is 153. The minimum absolute atomic E-state index is 0. The normalized spacial score (nSPS) is 7.30. The van der Waals surface area contributed by atoms with Crippen LogP contribution in [0.25, 0.3) is 0 Å². The molecule has 0 aliphatic heterocycles. The fourth-order valence-corrected chi connectivity index (χ4v) is 0.520. The van der Waals surface area contributed by atoms with E-state index in [1.54, 1.807) is 12.1 Å². The predicted molar refractivity (Wildman–Crippen MR) is 29.0 cm³/mol. The van der Waals surface area contributed by atoms with Gasteiger partial charge in [-0.15, -0.1) is 6.61 Å². The largest absolute Gasteiger partial charge is 1.00 e. The Labute approximate surface area is 85.2 Å². The fraction of sp³-hybridized carbons (Fsp3) is 0.143. The Morgan fingerprint density at radius 2 is 2.00 bits per heavy atom. The number of rotatable bonds is 1. The van der Waals surface area contributed by atoms with E-state index in [1.807, 2.05) is 12.1 Å². The summed E-state index contributed by atoms with van der Waals surface area (Å²) in [7, 11) is 0.